The molecule has 0 unspecified atom stereocenters. The van der Waals surface area contributed by atoms with Gasteiger partial charge >= 0.3 is 5.97 Å². The molecular formula is C28H28ClN3O5. The van der Waals surface area contributed by atoms with Crippen molar-refractivity contribution < 1.29 is 23.9 Å². The van der Waals surface area contributed by atoms with Gasteiger partial charge in [-0.25, -0.2) is 10.2 Å². The predicted octanol–water partition coefficient (Wildman–Crippen LogP) is 5.71. The summed E-state index contributed by atoms with van der Waals surface area (Å²) in [6.45, 7) is 7.63. The Morgan fingerprint density at radius 1 is 0.919 bits per heavy atom. The van der Waals surface area contributed by atoms with Gasteiger partial charge in [-0.15, -0.1) is 0 Å². The molecule has 192 valence electrons. The smallest absolute Gasteiger partial charge is 0.343 e. The average Bonchev–Trinajstić information content (AvgIpc) is 2.86. The molecule has 0 aliphatic carbocycles. The van der Waals surface area contributed by atoms with Crippen LogP contribution in [0.4, 0.5) is 5.69 Å². The van der Waals surface area contributed by atoms with Gasteiger partial charge in [-0.1, -0.05) is 32.4 Å². The van der Waals surface area contributed by atoms with E-state index >= 15 is 0 Å². The standard InChI is InChI=1S/C28H28ClN3O5/c1-5-36-24-16-18(6-15-23(24)37-26(34)20-7-11-21(29)12-8-20)17-30-32-25(33)19-9-13-22(14-10-19)31-27(35)28(2,3)4/h6-17H,5H2,1-4H3,(H,31,35)(H,32,33)/b30-17+. The summed E-state index contributed by atoms with van der Waals surface area (Å²) in [7, 11) is 0. The molecule has 0 aliphatic heterocycles. The molecule has 0 saturated carbocycles. The van der Waals surface area contributed by atoms with E-state index in [4.69, 9.17) is 21.1 Å². The highest BCUT2D eigenvalue weighted by molar-refractivity contribution is 6.30. The number of carbonyl (C=O) groups is 3. The number of benzene rings is 3. The third-order valence-corrected chi connectivity index (χ3v) is 5.27. The number of halogens is 1. The minimum atomic E-state index is -0.546. The minimum absolute atomic E-state index is 0.119. The number of esters is 1. The summed E-state index contributed by atoms with van der Waals surface area (Å²) < 4.78 is 11.1. The molecule has 2 N–H and O–H groups in total. The van der Waals surface area contributed by atoms with Gasteiger partial charge < -0.3 is 14.8 Å². The SMILES string of the molecule is CCOc1cc(/C=N/NC(=O)c2ccc(NC(=O)C(C)(C)C)cc2)ccc1OC(=O)c1ccc(Cl)cc1. The van der Waals surface area contributed by atoms with Crippen molar-refractivity contribution in [1.82, 2.24) is 5.43 Å². The van der Waals surface area contributed by atoms with Crippen LogP contribution in [0.1, 0.15) is 54.0 Å². The number of nitrogens with zero attached hydrogens (tertiary/aromatic N) is 1. The van der Waals surface area contributed by atoms with Gasteiger partial charge in [-0.05, 0) is 79.2 Å². The monoisotopic (exact) mass is 521 g/mol. The van der Waals surface area contributed by atoms with Gasteiger partial charge in [0.25, 0.3) is 5.91 Å². The third-order valence-electron chi connectivity index (χ3n) is 5.02. The number of anilines is 1. The number of hydrogen-bond donors (Lipinski definition) is 2. The van der Waals surface area contributed by atoms with Gasteiger partial charge in [0.2, 0.25) is 5.91 Å². The van der Waals surface area contributed by atoms with Crippen LogP contribution >= 0.6 is 11.6 Å². The molecule has 0 atom stereocenters. The first-order chi connectivity index (χ1) is 17.6. The number of ether oxygens (including phenoxy) is 2. The van der Waals surface area contributed by atoms with Gasteiger partial charge in [0.15, 0.2) is 11.5 Å². The molecule has 3 aromatic rings. The van der Waals surface area contributed by atoms with Crippen molar-refractivity contribution in [2.75, 3.05) is 11.9 Å². The predicted molar refractivity (Wildman–Crippen MR) is 144 cm³/mol. The molecule has 0 bridgehead atoms. The van der Waals surface area contributed by atoms with E-state index in [1.807, 2.05) is 27.7 Å². The minimum Gasteiger partial charge on any atom is -0.490 e. The van der Waals surface area contributed by atoms with Crippen LogP contribution in [0.25, 0.3) is 0 Å². The zero-order valence-corrected chi connectivity index (χ0v) is 21.8. The summed E-state index contributed by atoms with van der Waals surface area (Å²) in [5, 5.41) is 7.32. The molecular weight excluding hydrogens is 494 g/mol. The van der Waals surface area contributed by atoms with Crippen LogP contribution in [-0.2, 0) is 4.79 Å². The zero-order valence-electron chi connectivity index (χ0n) is 21.0. The molecule has 37 heavy (non-hydrogen) atoms. The van der Waals surface area contributed by atoms with Crippen molar-refractivity contribution in [2.45, 2.75) is 27.7 Å². The Morgan fingerprint density at radius 2 is 1.57 bits per heavy atom. The second kappa shape index (κ2) is 12.2. The van der Waals surface area contributed by atoms with Gasteiger partial charge in [0, 0.05) is 21.7 Å². The van der Waals surface area contributed by atoms with E-state index in [-0.39, 0.29) is 11.7 Å². The molecule has 0 saturated heterocycles. The highest BCUT2D eigenvalue weighted by Crippen LogP contribution is 2.29. The average molecular weight is 522 g/mol. The second-order valence-corrected chi connectivity index (χ2v) is 9.45. The Kier molecular flexibility index (Phi) is 9.03. The first kappa shape index (κ1) is 27.4. The first-order valence-electron chi connectivity index (χ1n) is 11.6. The second-order valence-electron chi connectivity index (χ2n) is 9.02. The van der Waals surface area contributed by atoms with E-state index < -0.39 is 17.3 Å². The topological polar surface area (TPSA) is 106 Å². The van der Waals surface area contributed by atoms with E-state index in [0.717, 1.165) is 0 Å². The Labute approximate surface area is 220 Å². The number of hydrogen-bond acceptors (Lipinski definition) is 6. The Morgan fingerprint density at radius 3 is 2.19 bits per heavy atom. The van der Waals surface area contributed by atoms with Crippen LogP contribution in [0.3, 0.4) is 0 Å². The Balaban J connectivity index is 1.63. The molecule has 3 aromatic carbocycles. The number of nitrogens with one attached hydrogen (secondary N) is 2. The number of rotatable bonds is 8. The van der Waals surface area contributed by atoms with E-state index in [0.29, 0.717) is 39.8 Å². The molecule has 0 fully saturated rings. The molecule has 0 radical (unpaired) electrons. The van der Waals surface area contributed by atoms with Crippen molar-refractivity contribution in [1.29, 1.82) is 0 Å². The lowest BCUT2D eigenvalue weighted by atomic mass is 9.95. The normalized spacial score (nSPS) is 11.2. The van der Waals surface area contributed by atoms with Gasteiger partial charge in [0.1, 0.15) is 0 Å². The van der Waals surface area contributed by atoms with Crippen molar-refractivity contribution >= 4 is 41.3 Å². The van der Waals surface area contributed by atoms with Crippen molar-refractivity contribution in [3.8, 4) is 11.5 Å². The van der Waals surface area contributed by atoms with E-state index in [2.05, 4.69) is 15.8 Å². The summed E-state index contributed by atoms with van der Waals surface area (Å²) in [5.74, 6) is -0.472. The zero-order chi connectivity index (χ0) is 27.0. The first-order valence-corrected chi connectivity index (χ1v) is 11.9. The fourth-order valence-corrected chi connectivity index (χ4v) is 3.08. The molecule has 9 heteroatoms. The van der Waals surface area contributed by atoms with Gasteiger partial charge in [-0.2, -0.15) is 5.10 Å². The Hall–Kier alpha value is -4.17. The summed E-state index contributed by atoms with van der Waals surface area (Å²) in [4.78, 5) is 37.0. The maximum absolute atomic E-state index is 12.5. The molecule has 0 aliphatic rings. The summed E-state index contributed by atoms with van der Waals surface area (Å²) in [6.07, 6.45) is 1.45. The molecule has 8 nitrogen and oxygen atoms in total. The lowest BCUT2D eigenvalue weighted by Gasteiger charge is -2.17. The molecule has 2 amide bonds. The van der Waals surface area contributed by atoms with Crippen LogP contribution < -0.4 is 20.2 Å². The van der Waals surface area contributed by atoms with Crippen LogP contribution in [0.15, 0.2) is 71.8 Å². The number of amides is 2. The van der Waals surface area contributed by atoms with E-state index in [1.165, 1.54) is 6.21 Å². The van der Waals surface area contributed by atoms with E-state index in [1.54, 1.807) is 66.7 Å². The van der Waals surface area contributed by atoms with Gasteiger partial charge in [-0.3, -0.25) is 9.59 Å². The highest BCUT2D eigenvalue weighted by atomic mass is 35.5. The number of carbonyl (C=O) groups excluding carboxylic acids is 3. The quantitative estimate of drug-likeness (QED) is 0.171. The maximum Gasteiger partial charge on any atom is 0.343 e. The van der Waals surface area contributed by atoms with Crippen molar-refractivity contribution in [2.24, 2.45) is 10.5 Å². The van der Waals surface area contributed by atoms with Crippen LogP contribution in [0.5, 0.6) is 11.5 Å². The fraction of sp³-hybridized carbons (Fsp3) is 0.214. The van der Waals surface area contributed by atoms with E-state index in [9.17, 15) is 14.4 Å². The van der Waals surface area contributed by atoms with Crippen molar-refractivity contribution in [3.63, 3.8) is 0 Å². The lowest BCUT2D eigenvalue weighted by molar-refractivity contribution is -0.123. The molecule has 3 rings (SSSR count). The molecule has 0 heterocycles. The maximum atomic E-state index is 12.5. The molecule has 0 spiro atoms. The lowest BCUT2D eigenvalue weighted by Crippen LogP contribution is -2.27. The highest BCUT2D eigenvalue weighted by Gasteiger charge is 2.21. The fourth-order valence-electron chi connectivity index (χ4n) is 2.96. The van der Waals surface area contributed by atoms with Crippen molar-refractivity contribution in [3.05, 3.63) is 88.4 Å². The summed E-state index contributed by atoms with van der Waals surface area (Å²) >= 11 is 5.87. The number of hydrazone groups is 1. The molecule has 0 aromatic heterocycles. The summed E-state index contributed by atoms with van der Waals surface area (Å²) in [6, 6.07) is 17.8. The largest absolute Gasteiger partial charge is 0.490 e. The van der Waals surface area contributed by atoms with Gasteiger partial charge in [0.05, 0.1) is 18.4 Å². The van der Waals surface area contributed by atoms with Crippen LogP contribution in [0, 0.1) is 5.41 Å². The van der Waals surface area contributed by atoms with Crippen LogP contribution in [-0.4, -0.2) is 30.6 Å². The third kappa shape index (κ3) is 7.91. The summed E-state index contributed by atoms with van der Waals surface area (Å²) in [5.41, 5.74) is 3.89. The van der Waals surface area contributed by atoms with Crippen LogP contribution in [0.2, 0.25) is 5.02 Å². The Bertz CT molecular complexity index is 1300.